The lowest BCUT2D eigenvalue weighted by atomic mass is 10.00. The van der Waals surface area contributed by atoms with E-state index in [1.54, 1.807) is 7.05 Å². The molecule has 1 aromatic carbocycles. The molecule has 0 saturated heterocycles. The van der Waals surface area contributed by atoms with Crippen LogP contribution in [0, 0.1) is 11.8 Å². The molecular weight excluding hydrogens is 312 g/mol. The summed E-state index contributed by atoms with van der Waals surface area (Å²) in [4.78, 5) is 15.8. The fourth-order valence-corrected chi connectivity index (χ4v) is 2.75. The number of aliphatic imine (C=N–C) groups is 1. The maximum Gasteiger partial charge on any atom is 0.223 e. The van der Waals surface area contributed by atoms with Crippen molar-refractivity contribution in [3.63, 3.8) is 0 Å². The van der Waals surface area contributed by atoms with Gasteiger partial charge in [0.1, 0.15) is 0 Å². The highest BCUT2D eigenvalue weighted by molar-refractivity contribution is 5.81. The van der Waals surface area contributed by atoms with Gasteiger partial charge in [0.2, 0.25) is 5.91 Å². The number of carbonyl (C=O) groups excluding carboxylic acids is 1. The number of benzene rings is 1. The second-order valence-electron chi connectivity index (χ2n) is 7.27. The van der Waals surface area contributed by atoms with Crippen LogP contribution in [0.3, 0.4) is 0 Å². The van der Waals surface area contributed by atoms with Crippen molar-refractivity contribution in [3.05, 3.63) is 35.4 Å². The predicted octanol–water partition coefficient (Wildman–Crippen LogP) is 2.64. The third-order valence-electron chi connectivity index (χ3n) is 4.37. The maximum absolute atomic E-state index is 11.6. The van der Waals surface area contributed by atoms with Crippen LogP contribution < -0.4 is 16.0 Å². The number of hydrogen-bond acceptors (Lipinski definition) is 2. The van der Waals surface area contributed by atoms with Crippen LogP contribution in [0.1, 0.15) is 50.8 Å². The molecule has 5 heteroatoms. The minimum atomic E-state index is 0.167. The number of guanidine groups is 1. The molecule has 1 amide bonds. The van der Waals surface area contributed by atoms with Gasteiger partial charge in [-0.25, -0.2) is 0 Å². The second-order valence-corrected chi connectivity index (χ2v) is 7.27. The Balaban J connectivity index is 1.74. The molecule has 0 aliphatic heterocycles. The van der Waals surface area contributed by atoms with E-state index in [0.29, 0.717) is 19.0 Å². The highest BCUT2D eigenvalue weighted by Crippen LogP contribution is 2.28. The molecular formula is C20H32N4O. The molecule has 0 bridgehead atoms. The first-order chi connectivity index (χ1) is 12.0. The Morgan fingerprint density at radius 2 is 1.76 bits per heavy atom. The summed E-state index contributed by atoms with van der Waals surface area (Å²) in [6, 6.07) is 8.94. The quantitative estimate of drug-likeness (QED) is 0.386. The normalized spacial score (nSPS) is 15.8. The van der Waals surface area contributed by atoms with Crippen LogP contribution in [-0.2, 0) is 11.2 Å². The van der Waals surface area contributed by atoms with Crippen molar-refractivity contribution in [2.75, 3.05) is 20.1 Å². The molecule has 1 aromatic rings. The second kappa shape index (κ2) is 9.44. The summed E-state index contributed by atoms with van der Waals surface area (Å²) in [5.74, 6) is 1.86. The Hall–Kier alpha value is -2.04. The van der Waals surface area contributed by atoms with Crippen LogP contribution in [0.2, 0.25) is 0 Å². The van der Waals surface area contributed by atoms with Gasteiger partial charge in [-0.1, -0.05) is 38.1 Å². The zero-order valence-electron chi connectivity index (χ0n) is 15.9. The summed E-state index contributed by atoms with van der Waals surface area (Å²) in [7, 11) is 1.76. The van der Waals surface area contributed by atoms with Gasteiger partial charge in [-0.05, 0) is 43.2 Å². The molecule has 1 saturated carbocycles. The molecule has 0 radical (unpaired) electrons. The van der Waals surface area contributed by atoms with Crippen LogP contribution in [0.4, 0.5) is 0 Å². The monoisotopic (exact) mass is 344 g/mol. The van der Waals surface area contributed by atoms with Crippen molar-refractivity contribution in [2.24, 2.45) is 16.8 Å². The maximum atomic E-state index is 11.6. The van der Waals surface area contributed by atoms with Crippen molar-refractivity contribution in [2.45, 2.75) is 46.1 Å². The molecule has 1 atom stereocenters. The van der Waals surface area contributed by atoms with Crippen molar-refractivity contribution in [1.82, 2.24) is 16.0 Å². The molecule has 0 heterocycles. The summed E-state index contributed by atoms with van der Waals surface area (Å²) < 4.78 is 0. The number of carbonyl (C=O) groups is 1. The van der Waals surface area contributed by atoms with Crippen molar-refractivity contribution < 1.29 is 4.79 Å². The summed E-state index contributed by atoms with van der Waals surface area (Å²) >= 11 is 0. The van der Waals surface area contributed by atoms with E-state index in [-0.39, 0.29) is 17.9 Å². The zero-order valence-corrected chi connectivity index (χ0v) is 15.9. The van der Waals surface area contributed by atoms with Gasteiger partial charge in [0.25, 0.3) is 0 Å². The van der Waals surface area contributed by atoms with Gasteiger partial charge >= 0.3 is 0 Å². The lowest BCUT2D eigenvalue weighted by Gasteiger charge is -2.19. The standard InChI is InChI=1S/C20H32N4O/c1-14(2)13-16-5-7-17(8-6-16)15(3)24-20(21-4)23-12-11-22-19(25)18-9-10-18/h5-8,14-15,18H,9-13H2,1-4H3,(H,22,25)(H2,21,23,24). The van der Waals surface area contributed by atoms with Crippen molar-refractivity contribution >= 4 is 11.9 Å². The zero-order chi connectivity index (χ0) is 18.2. The molecule has 0 spiro atoms. The molecule has 138 valence electrons. The third-order valence-corrected chi connectivity index (χ3v) is 4.37. The average molecular weight is 345 g/mol. The molecule has 1 fully saturated rings. The Kier molecular flexibility index (Phi) is 7.29. The minimum Gasteiger partial charge on any atom is -0.355 e. The lowest BCUT2D eigenvalue weighted by molar-refractivity contribution is -0.122. The third kappa shape index (κ3) is 6.77. The first kappa shape index (κ1) is 19.3. The topological polar surface area (TPSA) is 65.5 Å². The van der Waals surface area contributed by atoms with Gasteiger partial charge in [-0.15, -0.1) is 0 Å². The molecule has 1 aliphatic rings. The average Bonchev–Trinajstić information content (AvgIpc) is 3.42. The van der Waals surface area contributed by atoms with E-state index in [1.807, 2.05) is 0 Å². The van der Waals surface area contributed by atoms with Crippen molar-refractivity contribution in [3.8, 4) is 0 Å². The van der Waals surface area contributed by atoms with Crippen LogP contribution in [0.15, 0.2) is 29.3 Å². The van der Waals surface area contributed by atoms with Crippen molar-refractivity contribution in [1.29, 1.82) is 0 Å². The number of amides is 1. The van der Waals surface area contributed by atoms with E-state index in [4.69, 9.17) is 0 Å². The fourth-order valence-electron chi connectivity index (χ4n) is 2.75. The van der Waals surface area contributed by atoms with E-state index in [9.17, 15) is 4.79 Å². The molecule has 0 aromatic heterocycles. The van der Waals surface area contributed by atoms with Gasteiger partial charge in [-0.2, -0.15) is 0 Å². The van der Waals surface area contributed by atoms with Gasteiger partial charge in [0, 0.05) is 26.1 Å². The van der Waals surface area contributed by atoms with E-state index >= 15 is 0 Å². The number of nitrogens with one attached hydrogen (secondary N) is 3. The van der Waals surface area contributed by atoms with Crippen LogP contribution in [0.25, 0.3) is 0 Å². The summed E-state index contributed by atoms with van der Waals surface area (Å²) in [6.45, 7) is 7.88. The van der Waals surface area contributed by atoms with Crippen LogP contribution >= 0.6 is 0 Å². The van der Waals surface area contributed by atoms with Gasteiger partial charge < -0.3 is 16.0 Å². The Labute approximate surface area is 151 Å². The highest BCUT2D eigenvalue weighted by Gasteiger charge is 2.28. The van der Waals surface area contributed by atoms with E-state index in [1.165, 1.54) is 11.1 Å². The largest absolute Gasteiger partial charge is 0.355 e. The van der Waals surface area contributed by atoms with Crippen LogP contribution in [-0.4, -0.2) is 32.0 Å². The molecule has 1 unspecified atom stereocenters. The number of nitrogens with zero attached hydrogens (tertiary/aromatic N) is 1. The lowest BCUT2D eigenvalue weighted by Crippen LogP contribution is -2.42. The Morgan fingerprint density at radius 1 is 1.12 bits per heavy atom. The molecule has 5 nitrogen and oxygen atoms in total. The SMILES string of the molecule is CN=C(NCCNC(=O)C1CC1)NC(C)c1ccc(CC(C)C)cc1. The predicted molar refractivity (Wildman–Crippen MR) is 104 cm³/mol. The van der Waals surface area contributed by atoms with Gasteiger partial charge in [-0.3, -0.25) is 9.79 Å². The van der Waals surface area contributed by atoms with E-state index in [0.717, 1.165) is 25.2 Å². The highest BCUT2D eigenvalue weighted by atomic mass is 16.2. The van der Waals surface area contributed by atoms with Crippen LogP contribution in [0.5, 0.6) is 0 Å². The van der Waals surface area contributed by atoms with Gasteiger partial charge in [0.15, 0.2) is 5.96 Å². The fraction of sp³-hybridized carbons (Fsp3) is 0.600. The molecule has 1 aliphatic carbocycles. The first-order valence-electron chi connectivity index (χ1n) is 9.33. The van der Waals surface area contributed by atoms with E-state index in [2.05, 4.69) is 66.0 Å². The van der Waals surface area contributed by atoms with Gasteiger partial charge in [0.05, 0.1) is 6.04 Å². The molecule has 3 N–H and O–H groups in total. The number of hydrogen-bond donors (Lipinski definition) is 3. The Bertz CT molecular complexity index is 576. The summed E-state index contributed by atoms with van der Waals surface area (Å²) in [5.41, 5.74) is 2.61. The smallest absolute Gasteiger partial charge is 0.223 e. The summed E-state index contributed by atoms with van der Waals surface area (Å²) in [6.07, 6.45) is 3.18. The molecule has 2 rings (SSSR count). The first-order valence-corrected chi connectivity index (χ1v) is 9.33. The minimum absolute atomic E-state index is 0.167. The number of rotatable bonds is 8. The summed E-state index contributed by atoms with van der Waals surface area (Å²) in [5, 5.41) is 9.59. The molecule has 25 heavy (non-hydrogen) atoms. The van der Waals surface area contributed by atoms with E-state index < -0.39 is 0 Å². The Morgan fingerprint density at radius 3 is 2.32 bits per heavy atom.